The predicted octanol–water partition coefficient (Wildman–Crippen LogP) is 11.9. The van der Waals surface area contributed by atoms with Crippen LogP contribution >= 0.6 is 0 Å². The third-order valence-corrected chi connectivity index (χ3v) is 8.95. The maximum atomic E-state index is 6.55. The zero-order valence-corrected chi connectivity index (χ0v) is 22.9. The summed E-state index contributed by atoms with van der Waals surface area (Å²) in [6.07, 6.45) is 1.92. The first-order valence-corrected chi connectivity index (χ1v) is 14.5. The highest BCUT2D eigenvalue weighted by Gasteiger charge is 2.23. The van der Waals surface area contributed by atoms with Crippen LogP contribution in [0.1, 0.15) is 0 Å². The Morgan fingerprint density at radius 1 is 0.326 bits per heavy atom. The van der Waals surface area contributed by atoms with Gasteiger partial charge in [-0.25, -0.2) is 0 Å². The van der Waals surface area contributed by atoms with Crippen LogP contribution < -0.4 is 0 Å². The topological polar surface area (TPSA) is 39.4 Å². The van der Waals surface area contributed by atoms with E-state index in [2.05, 4.69) is 91.0 Å². The molecule has 3 nitrogen and oxygen atoms in total. The van der Waals surface area contributed by atoms with Crippen LogP contribution in [0, 0.1) is 0 Å². The quantitative estimate of drug-likeness (QED) is 0.201. The first kappa shape index (κ1) is 22.8. The first-order chi connectivity index (χ1) is 21.3. The van der Waals surface area contributed by atoms with E-state index in [9.17, 15) is 0 Å². The van der Waals surface area contributed by atoms with Gasteiger partial charge in [-0.05, 0) is 45.8 Å². The lowest BCUT2D eigenvalue weighted by Crippen LogP contribution is -1.90. The van der Waals surface area contributed by atoms with Crippen LogP contribution in [0.3, 0.4) is 0 Å². The van der Waals surface area contributed by atoms with Gasteiger partial charge in [0.1, 0.15) is 27.9 Å². The molecular formula is C40H22O3. The van der Waals surface area contributed by atoms with E-state index in [1.165, 1.54) is 16.3 Å². The van der Waals surface area contributed by atoms with E-state index in [1.54, 1.807) is 0 Å². The zero-order valence-electron chi connectivity index (χ0n) is 22.9. The minimum atomic E-state index is 0.846. The van der Waals surface area contributed by atoms with Gasteiger partial charge in [0.25, 0.3) is 0 Å². The van der Waals surface area contributed by atoms with Gasteiger partial charge in [-0.2, -0.15) is 0 Å². The van der Waals surface area contributed by atoms with Crippen LogP contribution in [0.15, 0.2) is 147 Å². The molecule has 0 aliphatic rings. The summed E-state index contributed by atoms with van der Waals surface area (Å²) >= 11 is 0. The summed E-state index contributed by atoms with van der Waals surface area (Å²) in [6.45, 7) is 0. The maximum Gasteiger partial charge on any atom is 0.143 e. The van der Waals surface area contributed by atoms with Gasteiger partial charge in [0.05, 0.1) is 6.26 Å². The molecule has 0 spiro atoms. The van der Waals surface area contributed by atoms with E-state index in [0.29, 0.717) is 0 Å². The Balaban J connectivity index is 1.38. The van der Waals surface area contributed by atoms with Gasteiger partial charge in [0.15, 0.2) is 0 Å². The van der Waals surface area contributed by atoms with Crippen LogP contribution in [0.2, 0.25) is 0 Å². The largest absolute Gasteiger partial charge is 0.464 e. The second-order valence-corrected chi connectivity index (χ2v) is 11.2. The molecule has 10 rings (SSSR count). The van der Waals surface area contributed by atoms with Gasteiger partial charge in [0, 0.05) is 49.2 Å². The Hall–Kier alpha value is -5.80. The molecule has 7 aromatic carbocycles. The Labute approximate surface area is 245 Å². The van der Waals surface area contributed by atoms with Crippen LogP contribution in [0.4, 0.5) is 0 Å². The van der Waals surface area contributed by atoms with E-state index in [1.807, 2.05) is 42.7 Å². The molecule has 10 aromatic rings. The molecule has 0 fully saturated rings. The van der Waals surface area contributed by atoms with Crippen molar-refractivity contribution in [3.05, 3.63) is 134 Å². The summed E-state index contributed by atoms with van der Waals surface area (Å²) in [4.78, 5) is 0. The standard InChI is InChI=1S/C40H22O3/c1-3-13-26-24(11-1)36(30-17-9-16-28-23-10-5-7-18-32(23)43-40(28)30)25-12-2-4-14-27(25)37(26)31-22-41-34-20-21-35-38(39(31)34)29-15-6-8-19-33(29)42-35/h1-22H. The average Bonchev–Trinajstić information content (AvgIpc) is 3.76. The van der Waals surface area contributed by atoms with Crippen molar-refractivity contribution in [2.24, 2.45) is 0 Å². The van der Waals surface area contributed by atoms with E-state index in [0.717, 1.165) is 82.3 Å². The smallest absolute Gasteiger partial charge is 0.143 e. The van der Waals surface area contributed by atoms with Crippen molar-refractivity contribution in [3.63, 3.8) is 0 Å². The van der Waals surface area contributed by atoms with Crippen molar-refractivity contribution >= 4 is 76.4 Å². The van der Waals surface area contributed by atoms with Crippen LogP contribution in [0.5, 0.6) is 0 Å². The molecule has 0 radical (unpaired) electrons. The highest BCUT2D eigenvalue weighted by Crippen LogP contribution is 2.49. The second-order valence-electron chi connectivity index (χ2n) is 11.2. The minimum absolute atomic E-state index is 0.846. The molecule has 0 bridgehead atoms. The Morgan fingerprint density at radius 3 is 1.56 bits per heavy atom. The van der Waals surface area contributed by atoms with Gasteiger partial charge in [-0.1, -0.05) is 103 Å². The van der Waals surface area contributed by atoms with E-state index < -0.39 is 0 Å². The van der Waals surface area contributed by atoms with Crippen LogP contribution in [-0.4, -0.2) is 0 Å². The number of para-hydroxylation sites is 3. The third kappa shape index (κ3) is 3.03. The molecular weight excluding hydrogens is 528 g/mol. The van der Waals surface area contributed by atoms with Crippen molar-refractivity contribution in [2.45, 2.75) is 0 Å². The number of furan rings is 3. The summed E-state index contributed by atoms with van der Waals surface area (Å²) in [6, 6.07) is 44.4. The van der Waals surface area contributed by atoms with E-state index in [-0.39, 0.29) is 0 Å². The van der Waals surface area contributed by atoms with Gasteiger partial charge in [-0.15, -0.1) is 0 Å². The van der Waals surface area contributed by atoms with Gasteiger partial charge in [0.2, 0.25) is 0 Å². The van der Waals surface area contributed by atoms with Crippen molar-refractivity contribution in [3.8, 4) is 22.3 Å². The molecule has 0 unspecified atom stereocenters. The lowest BCUT2D eigenvalue weighted by Gasteiger charge is -2.17. The zero-order chi connectivity index (χ0) is 28.1. The summed E-state index contributed by atoms with van der Waals surface area (Å²) < 4.78 is 19.1. The van der Waals surface area contributed by atoms with E-state index >= 15 is 0 Å². The molecule has 0 saturated carbocycles. The molecule has 0 aliphatic heterocycles. The second kappa shape index (κ2) is 8.37. The molecule has 3 heterocycles. The minimum Gasteiger partial charge on any atom is -0.464 e. The van der Waals surface area contributed by atoms with Gasteiger partial charge in [-0.3, -0.25) is 0 Å². The van der Waals surface area contributed by atoms with Gasteiger partial charge < -0.3 is 13.3 Å². The Kier molecular flexibility index (Phi) is 4.45. The number of benzene rings is 7. The molecule has 0 saturated heterocycles. The number of hydrogen-bond donors (Lipinski definition) is 0. The third-order valence-electron chi connectivity index (χ3n) is 8.95. The van der Waals surface area contributed by atoms with Crippen molar-refractivity contribution in [1.82, 2.24) is 0 Å². The molecule has 200 valence electrons. The van der Waals surface area contributed by atoms with E-state index in [4.69, 9.17) is 13.3 Å². The maximum absolute atomic E-state index is 6.55. The predicted molar refractivity (Wildman–Crippen MR) is 177 cm³/mol. The number of fused-ring (bicyclic) bond motifs is 10. The Bertz CT molecular complexity index is 2680. The van der Waals surface area contributed by atoms with Crippen LogP contribution in [-0.2, 0) is 0 Å². The monoisotopic (exact) mass is 550 g/mol. The highest BCUT2D eigenvalue weighted by molar-refractivity contribution is 6.29. The fraction of sp³-hybridized carbons (Fsp3) is 0. The summed E-state index contributed by atoms with van der Waals surface area (Å²) in [7, 11) is 0. The molecule has 0 aliphatic carbocycles. The van der Waals surface area contributed by atoms with Crippen molar-refractivity contribution in [1.29, 1.82) is 0 Å². The average molecular weight is 551 g/mol. The molecule has 43 heavy (non-hydrogen) atoms. The number of hydrogen-bond acceptors (Lipinski definition) is 3. The Morgan fingerprint density at radius 2 is 0.860 bits per heavy atom. The fourth-order valence-electron chi connectivity index (χ4n) is 7.18. The lowest BCUT2D eigenvalue weighted by molar-refractivity contribution is 0.616. The molecule has 0 amide bonds. The normalized spacial score (nSPS) is 12.2. The number of rotatable bonds is 2. The SMILES string of the molecule is c1ccc2c(c1)oc1c(-c3c4ccccc4c(-c4coc5ccc6oc7ccccc7c6c45)c4ccccc34)cccc12. The fourth-order valence-corrected chi connectivity index (χ4v) is 7.18. The van der Waals surface area contributed by atoms with Crippen LogP contribution in [0.25, 0.3) is 98.6 Å². The highest BCUT2D eigenvalue weighted by atomic mass is 16.3. The molecule has 3 aromatic heterocycles. The van der Waals surface area contributed by atoms with Gasteiger partial charge >= 0.3 is 0 Å². The summed E-state index contributed by atoms with van der Waals surface area (Å²) in [5, 5.41) is 10.2. The first-order valence-electron chi connectivity index (χ1n) is 14.5. The molecule has 0 atom stereocenters. The summed E-state index contributed by atoms with van der Waals surface area (Å²) in [5.41, 5.74) is 8.87. The van der Waals surface area contributed by atoms with Crippen molar-refractivity contribution in [2.75, 3.05) is 0 Å². The lowest BCUT2D eigenvalue weighted by atomic mass is 9.85. The van der Waals surface area contributed by atoms with Crippen molar-refractivity contribution < 1.29 is 13.3 Å². The molecule has 3 heteroatoms. The summed E-state index contributed by atoms with van der Waals surface area (Å²) in [5.74, 6) is 0. The molecule has 0 N–H and O–H groups in total.